The van der Waals surface area contributed by atoms with Gasteiger partial charge in [-0.25, -0.2) is 9.97 Å². The molecule has 0 aliphatic rings. The Morgan fingerprint density at radius 3 is 2.62 bits per heavy atom. The van der Waals surface area contributed by atoms with Crippen LogP contribution in [0.15, 0.2) is 85.2 Å². The minimum Gasteiger partial charge on any atom is -0.497 e. The van der Waals surface area contributed by atoms with E-state index in [1.165, 1.54) is 6.33 Å². The Morgan fingerprint density at radius 2 is 1.79 bits per heavy atom. The monoisotopic (exact) mass is 381 g/mol. The number of fused-ring (bicyclic) bond motifs is 1. The molecule has 3 aromatic carbocycles. The van der Waals surface area contributed by atoms with Crippen molar-refractivity contribution in [2.75, 3.05) is 12.4 Å². The second kappa shape index (κ2) is 8.35. The molecule has 0 aliphatic carbocycles. The van der Waals surface area contributed by atoms with Crippen molar-refractivity contribution < 1.29 is 9.53 Å². The molecule has 5 heteroatoms. The first-order valence-corrected chi connectivity index (χ1v) is 9.16. The smallest absolute Gasteiger partial charge is 0.185 e. The molecule has 0 radical (unpaired) electrons. The second-order valence-electron chi connectivity index (χ2n) is 6.42. The van der Waals surface area contributed by atoms with Crippen LogP contribution in [0.4, 0.5) is 11.5 Å². The van der Waals surface area contributed by atoms with Crippen molar-refractivity contribution in [1.82, 2.24) is 9.97 Å². The number of anilines is 2. The fourth-order valence-corrected chi connectivity index (χ4v) is 2.97. The van der Waals surface area contributed by atoms with Crippen LogP contribution in [-0.4, -0.2) is 22.9 Å². The lowest BCUT2D eigenvalue weighted by Gasteiger charge is -2.09. The molecule has 0 saturated heterocycles. The number of carbonyl (C=O) groups is 1. The third-order valence-electron chi connectivity index (χ3n) is 4.50. The van der Waals surface area contributed by atoms with E-state index in [-0.39, 0.29) is 5.78 Å². The third-order valence-corrected chi connectivity index (χ3v) is 4.50. The van der Waals surface area contributed by atoms with Crippen LogP contribution >= 0.6 is 0 Å². The van der Waals surface area contributed by atoms with E-state index in [9.17, 15) is 4.79 Å². The lowest BCUT2D eigenvalue weighted by atomic mass is 10.1. The molecule has 0 unspecified atom stereocenters. The van der Waals surface area contributed by atoms with Gasteiger partial charge in [0.25, 0.3) is 0 Å². The number of hydrogen-bond donors (Lipinski definition) is 1. The van der Waals surface area contributed by atoms with Crippen molar-refractivity contribution in [2.24, 2.45) is 0 Å². The number of hydrogen-bond acceptors (Lipinski definition) is 5. The minimum absolute atomic E-state index is 0.0722. The highest BCUT2D eigenvalue weighted by Gasteiger charge is 2.06. The number of benzene rings is 3. The predicted molar refractivity (Wildman–Crippen MR) is 116 cm³/mol. The summed E-state index contributed by atoms with van der Waals surface area (Å²) in [7, 11) is 1.62. The summed E-state index contributed by atoms with van der Waals surface area (Å²) in [5.41, 5.74) is 3.18. The Hall–Kier alpha value is -3.99. The summed E-state index contributed by atoms with van der Waals surface area (Å²) in [6, 6.07) is 22.7. The summed E-state index contributed by atoms with van der Waals surface area (Å²) >= 11 is 0. The molecular formula is C24H19N3O2. The van der Waals surface area contributed by atoms with E-state index < -0.39 is 0 Å². The third kappa shape index (κ3) is 4.30. The normalized spacial score (nSPS) is 10.9. The number of methoxy groups -OCH3 is 1. The Morgan fingerprint density at radius 1 is 0.966 bits per heavy atom. The molecule has 0 spiro atoms. The van der Waals surface area contributed by atoms with Crippen LogP contribution < -0.4 is 10.1 Å². The topological polar surface area (TPSA) is 64.1 Å². The van der Waals surface area contributed by atoms with Gasteiger partial charge in [-0.1, -0.05) is 42.5 Å². The van der Waals surface area contributed by atoms with Crippen LogP contribution in [0.5, 0.6) is 5.75 Å². The van der Waals surface area contributed by atoms with Crippen LogP contribution in [0.3, 0.4) is 0 Å². The number of ether oxygens (including phenoxy) is 1. The average molecular weight is 381 g/mol. The molecule has 142 valence electrons. The summed E-state index contributed by atoms with van der Waals surface area (Å²) in [5, 5.41) is 4.21. The van der Waals surface area contributed by atoms with Crippen LogP contribution in [0.1, 0.15) is 15.9 Å². The lowest BCUT2D eigenvalue weighted by Crippen LogP contribution is -1.99. The zero-order valence-corrected chi connectivity index (χ0v) is 15.9. The fraction of sp³-hybridized carbons (Fsp3) is 0.0417. The van der Waals surface area contributed by atoms with Gasteiger partial charge in [0.2, 0.25) is 0 Å². The number of nitrogens with zero attached hydrogens (tertiary/aromatic N) is 2. The fourth-order valence-electron chi connectivity index (χ4n) is 2.97. The van der Waals surface area contributed by atoms with Gasteiger partial charge < -0.3 is 10.1 Å². The Labute approximate surface area is 168 Å². The molecule has 29 heavy (non-hydrogen) atoms. The average Bonchev–Trinajstić information content (AvgIpc) is 2.78. The van der Waals surface area contributed by atoms with Crippen LogP contribution in [-0.2, 0) is 0 Å². The number of rotatable bonds is 6. The van der Waals surface area contributed by atoms with E-state index in [0.717, 1.165) is 27.9 Å². The lowest BCUT2D eigenvalue weighted by molar-refractivity contribution is 0.104. The zero-order valence-electron chi connectivity index (χ0n) is 15.9. The summed E-state index contributed by atoms with van der Waals surface area (Å²) in [6.07, 6.45) is 4.89. The Bertz CT molecular complexity index is 1180. The second-order valence-corrected chi connectivity index (χ2v) is 6.42. The number of aromatic nitrogens is 2. The van der Waals surface area contributed by atoms with E-state index >= 15 is 0 Å². The van der Waals surface area contributed by atoms with Gasteiger partial charge >= 0.3 is 0 Å². The van der Waals surface area contributed by atoms with Gasteiger partial charge in [0.15, 0.2) is 5.78 Å². The number of allylic oxidation sites excluding steroid dienone is 1. The molecule has 4 aromatic rings. The van der Waals surface area contributed by atoms with Crippen molar-refractivity contribution in [3.8, 4) is 5.75 Å². The molecule has 0 saturated carbocycles. The molecule has 5 nitrogen and oxygen atoms in total. The van der Waals surface area contributed by atoms with Gasteiger partial charge in [0.1, 0.15) is 17.9 Å². The highest BCUT2D eigenvalue weighted by atomic mass is 16.5. The maximum atomic E-state index is 12.6. The maximum Gasteiger partial charge on any atom is 0.185 e. The van der Waals surface area contributed by atoms with Crippen LogP contribution in [0.2, 0.25) is 0 Å². The van der Waals surface area contributed by atoms with E-state index in [2.05, 4.69) is 15.3 Å². The molecule has 0 atom stereocenters. The number of ketones is 1. The standard InChI is InChI=1S/C24H19N3O2/c1-29-20-12-9-17(10-13-20)11-14-23(28)18-5-4-6-19(15-18)27-24-21-7-2-3-8-22(21)25-16-26-24/h2-16H,1H3,(H,25,26,27)/b14-11+. The zero-order chi connectivity index (χ0) is 20.1. The van der Waals surface area contributed by atoms with Gasteiger partial charge in [0, 0.05) is 16.6 Å². The van der Waals surface area contributed by atoms with Crippen LogP contribution in [0.25, 0.3) is 17.0 Å². The van der Waals surface area contributed by atoms with Gasteiger partial charge in [-0.2, -0.15) is 0 Å². The summed E-state index contributed by atoms with van der Waals surface area (Å²) < 4.78 is 5.15. The molecule has 0 fully saturated rings. The van der Waals surface area contributed by atoms with E-state index in [1.54, 1.807) is 25.3 Å². The van der Waals surface area contributed by atoms with Crippen molar-refractivity contribution in [2.45, 2.75) is 0 Å². The largest absolute Gasteiger partial charge is 0.497 e. The van der Waals surface area contributed by atoms with E-state index in [4.69, 9.17) is 4.74 Å². The van der Waals surface area contributed by atoms with Crippen LogP contribution in [0, 0.1) is 0 Å². The Kier molecular flexibility index (Phi) is 5.29. The van der Waals surface area contributed by atoms with E-state index in [0.29, 0.717) is 11.4 Å². The quantitative estimate of drug-likeness (QED) is 0.364. The first-order chi connectivity index (χ1) is 14.2. The van der Waals surface area contributed by atoms with Crippen molar-refractivity contribution in [1.29, 1.82) is 0 Å². The summed E-state index contributed by atoms with van der Waals surface area (Å²) in [4.78, 5) is 21.2. The molecule has 1 aromatic heterocycles. The summed E-state index contributed by atoms with van der Waals surface area (Å²) in [5.74, 6) is 1.41. The van der Waals surface area contributed by atoms with Crippen molar-refractivity contribution >= 4 is 34.3 Å². The van der Waals surface area contributed by atoms with Gasteiger partial charge in [-0.15, -0.1) is 0 Å². The molecule has 0 amide bonds. The highest BCUT2D eigenvalue weighted by Crippen LogP contribution is 2.23. The Balaban J connectivity index is 1.53. The predicted octanol–water partition coefficient (Wildman–Crippen LogP) is 5.28. The summed E-state index contributed by atoms with van der Waals surface area (Å²) in [6.45, 7) is 0. The molecule has 1 heterocycles. The first-order valence-electron chi connectivity index (χ1n) is 9.16. The van der Waals surface area contributed by atoms with Crippen molar-refractivity contribution in [3.63, 3.8) is 0 Å². The first kappa shape index (κ1) is 18.4. The van der Waals surface area contributed by atoms with Gasteiger partial charge in [-0.05, 0) is 48.0 Å². The minimum atomic E-state index is -0.0722. The molecular weight excluding hydrogens is 362 g/mol. The molecule has 4 rings (SSSR count). The van der Waals surface area contributed by atoms with Gasteiger partial charge in [0.05, 0.1) is 12.6 Å². The number of nitrogens with one attached hydrogen (secondary N) is 1. The molecule has 1 N–H and O–H groups in total. The number of para-hydroxylation sites is 1. The highest BCUT2D eigenvalue weighted by molar-refractivity contribution is 6.07. The SMILES string of the molecule is COc1ccc(/C=C/C(=O)c2cccc(Nc3ncnc4ccccc34)c2)cc1. The number of carbonyl (C=O) groups excluding carboxylic acids is 1. The molecule has 0 bridgehead atoms. The maximum absolute atomic E-state index is 12.6. The molecule has 0 aliphatic heterocycles. The van der Waals surface area contributed by atoms with E-state index in [1.807, 2.05) is 66.7 Å². The van der Waals surface area contributed by atoms with Crippen molar-refractivity contribution in [3.05, 3.63) is 96.3 Å². The van der Waals surface area contributed by atoms with Gasteiger partial charge in [-0.3, -0.25) is 4.79 Å².